The molecule has 0 amide bonds. The maximum atomic E-state index is 5.33. The van der Waals surface area contributed by atoms with E-state index in [1.54, 1.807) is 38.4 Å². The maximum absolute atomic E-state index is 5.33. The van der Waals surface area contributed by atoms with Crippen LogP contribution in [0.3, 0.4) is 0 Å². The molecule has 0 radical (unpaired) electrons. The van der Waals surface area contributed by atoms with Gasteiger partial charge >= 0.3 is 0 Å². The van der Waals surface area contributed by atoms with Gasteiger partial charge in [0.15, 0.2) is 11.0 Å². The van der Waals surface area contributed by atoms with Gasteiger partial charge in [0.05, 0.1) is 14.2 Å². The number of rotatable bonds is 7. The summed E-state index contributed by atoms with van der Waals surface area (Å²) in [6.45, 7) is 2.89. The highest BCUT2D eigenvalue weighted by Gasteiger charge is 2.13. The van der Waals surface area contributed by atoms with Crippen LogP contribution in [0.2, 0.25) is 0 Å². The first-order valence-electron chi connectivity index (χ1n) is 7.93. The van der Waals surface area contributed by atoms with Gasteiger partial charge in [0.1, 0.15) is 11.5 Å². The lowest BCUT2D eigenvalue weighted by molar-refractivity contribution is 0.393. The molecule has 0 N–H and O–H groups in total. The number of thioether (sulfide) groups is 1. The second-order valence-corrected chi connectivity index (χ2v) is 6.24. The molecule has 0 unspecified atom stereocenters. The first kappa shape index (κ1) is 17.3. The van der Waals surface area contributed by atoms with Gasteiger partial charge in [0, 0.05) is 36.3 Å². The normalized spacial score (nSPS) is 10.7. The molecule has 3 aromatic rings. The van der Waals surface area contributed by atoms with Gasteiger partial charge in [-0.15, -0.1) is 10.2 Å². The molecule has 1 aromatic carbocycles. The van der Waals surface area contributed by atoms with Crippen LogP contribution in [0.25, 0.3) is 11.4 Å². The van der Waals surface area contributed by atoms with E-state index >= 15 is 0 Å². The molecule has 0 bridgehead atoms. The van der Waals surface area contributed by atoms with Crippen molar-refractivity contribution in [2.24, 2.45) is 0 Å². The molecule has 130 valence electrons. The summed E-state index contributed by atoms with van der Waals surface area (Å²) in [7, 11) is 3.31. The van der Waals surface area contributed by atoms with Crippen LogP contribution >= 0.6 is 11.8 Å². The van der Waals surface area contributed by atoms with E-state index in [1.165, 1.54) is 0 Å². The summed E-state index contributed by atoms with van der Waals surface area (Å²) in [6, 6.07) is 9.76. The van der Waals surface area contributed by atoms with Gasteiger partial charge in [-0.05, 0) is 36.8 Å². The number of hydrogen-bond donors (Lipinski definition) is 0. The molecule has 25 heavy (non-hydrogen) atoms. The third-order valence-corrected chi connectivity index (χ3v) is 4.79. The van der Waals surface area contributed by atoms with Gasteiger partial charge in [0.2, 0.25) is 0 Å². The number of ether oxygens (including phenoxy) is 2. The summed E-state index contributed by atoms with van der Waals surface area (Å²) >= 11 is 1.64. The minimum Gasteiger partial charge on any atom is -0.497 e. The molecule has 2 aromatic heterocycles. The van der Waals surface area contributed by atoms with Gasteiger partial charge in [-0.2, -0.15) is 0 Å². The van der Waals surface area contributed by atoms with Crippen molar-refractivity contribution in [2.75, 3.05) is 14.2 Å². The van der Waals surface area contributed by atoms with Crippen molar-refractivity contribution >= 4 is 11.8 Å². The summed E-state index contributed by atoms with van der Waals surface area (Å²) in [5.74, 6) is 3.17. The Labute approximate surface area is 151 Å². The summed E-state index contributed by atoms with van der Waals surface area (Å²) in [6.07, 6.45) is 3.53. The van der Waals surface area contributed by atoms with Crippen LogP contribution in [0, 0.1) is 0 Å². The van der Waals surface area contributed by atoms with Crippen molar-refractivity contribution in [3.8, 4) is 22.9 Å². The van der Waals surface area contributed by atoms with Crippen LogP contribution in [0.5, 0.6) is 11.5 Å². The molecule has 0 saturated carbocycles. The highest BCUT2D eigenvalue weighted by molar-refractivity contribution is 7.98. The fourth-order valence-corrected chi connectivity index (χ4v) is 3.43. The van der Waals surface area contributed by atoms with Crippen molar-refractivity contribution in [3.05, 3.63) is 48.3 Å². The van der Waals surface area contributed by atoms with E-state index in [9.17, 15) is 0 Å². The van der Waals surface area contributed by atoms with E-state index in [-0.39, 0.29) is 0 Å². The Hall–Kier alpha value is -2.54. The van der Waals surface area contributed by atoms with Gasteiger partial charge in [-0.3, -0.25) is 4.98 Å². The Bertz CT molecular complexity index is 814. The SMILES string of the molecule is CCn1c(SCc2cc(OC)cc(OC)c2)nnc1-c1ccncc1. The molecule has 0 fully saturated rings. The van der Waals surface area contributed by atoms with E-state index in [2.05, 4.69) is 26.7 Å². The Balaban J connectivity index is 1.81. The van der Waals surface area contributed by atoms with Crippen LogP contribution in [0.4, 0.5) is 0 Å². The first-order chi connectivity index (χ1) is 12.2. The molecule has 0 aliphatic carbocycles. The Morgan fingerprint density at radius 3 is 2.28 bits per heavy atom. The number of methoxy groups -OCH3 is 2. The molecule has 3 rings (SSSR count). The lowest BCUT2D eigenvalue weighted by atomic mass is 10.2. The third-order valence-electron chi connectivity index (χ3n) is 3.75. The van der Waals surface area contributed by atoms with Crippen molar-refractivity contribution in [3.63, 3.8) is 0 Å². The fraction of sp³-hybridized carbons (Fsp3) is 0.278. The Morgan fingerprint density at radius 2 is 1.68 bits per heavy atom. The van der Waals surface area contributed by atoms with Crippen molar-refractivity contribution in [2.45, 2.75) is 24.4 Å². The van der Waals surface area contributed by atoms with Crippen LogP contribution in [0.15, 0.2) is 47.9 Å². The number of pyridine rings is 1. The molecule has 0 aliphatic rings. The quantitative estimate of drug-likeness (QED) is 0.602. The fourth-order valence-electron chi connectivity index (χ4n) is 2.49. The molecule has 0 atom stereocenters. The topological polar surface area (TPSA) is 62.1 Å². The van der Waals surface area contributed by atoms with E-state index < -0.39 is 0 Å². The molecule has 0 spiro atoms. The summed E-state index contributed by atoms with van der Waals surface area (Å²) < 4.78 is 12.8. The van der Waals surface area contributed by atoms with E-state index in [0.29, 0.717) is 0 Å². The lowest BCUT2D eigenvalue weighted by Crippen LogP contribution is -2.00. The average Bonchev–Trinajstić information content (AvgIpc) is 3.09. The zero-order valence-corrected chi connectivity index (χ0v) is 15.3. The minimum absolute atomic E-state index is 0.752. The summed E-state index contributed by atoms with van der Waals surface area (Å²) in [5.41, 5.74) is 2.12. The van der Waals surface area contributed by atoms with Gasteiger partial charge in [0.25, 0.3) is 0 Å². The summed E-state index contributed by atoms with van der Waals surface area (Å²) in [4.78, 5) is 4.06. The molecular formula is C18H20N4O2S. The third kappa shape index (κ3) is 3.93. The van der Waals surface area contributed by atoms with E-state index in [4.69, 9.17) is 9.47 Å². The zero-order chi connectivity index (χ0) is 17.6. The van der Waals surface area contributed by atoms with Gasteiger partial charge in [-0.1, -0.05) is 11.8 Å². The molecule has 6 nitrogen and oxygen atoms in total. The smallest absolute Gasteiger partial charge is 0.191 e. The molecular weight excluding hydrogens is 336 g/mol. The van der Waals surface area contributed by atoms with E-state index in [1.807, 2.05) is 30.3 Å². The standard InChI is InChI=1S/C18H20N4O2S/c1-4-22-17(14-5-7-19-8-6-14)20-21-18(22)25-12-13-9-15(23-2)11-16(10-13)24-3/h5-11H,4,12H2,1-3H3. The highest BCUT2D eigenvalue weighted by Crippen LogP contribution is 2.29. The molecule has 0 saturated heterocycles. The number of aromatic nitrogens is 4. The van der Waals surface area contributed by atoms with Crippen LogP contribution < -0.4 is 9.47 Å². The van der Waals surface area contributed by atoms with Crippen molar-refractivity contribution < 1.29 is 9.47 Å². The number of benzene rings is 1. The van der Waals surface area contributed by atoms with Crippen molar-refractivity contribution in [1.29, 1.82) is 0 Å². The van der Waals surface area contributed by atoms with E-state index in [0.717, 1.165) is 45.9 Å². The number of nitrogens with zero attached hydrogens (tertiary/aromatic N) is 4. The number of hydrogen-bond acceptors (Lipinski definition) is 6. The first-order valence-corrected chi connectivity index (χ1v) is 8.92. The second kappa shape index (κ2) is 8.02. The molecule has 7 heteroatoms. The predicted molar refractivity (Wildman–Crippen MR) is 98.0 cm³/mol. The van der Waals surface area contributed by atoms with Gasteiger partial charge < -0.3 is 14.0 Å². The van der Waals surface area contributed by atoms with Crippen LogP contribution in [0.1, 0.15) is 12.5 Å². The monoisotopic (exact) mass is 356 g/mol. The zero-order valence-electron chi connectivity index (χ0n) is 14.5. The summed E-state index contributed by atoms with van der Waals surface area (Å²) in [5, 5.41) is 9.59. The average molecular weight is 356 g/mol. The molecule has 0 aliphatic heterocycles. The van der Waals surface area contributed by atoms with Crippen LogP contribution in [-0.2, 0) is 12.3 Å². The minimum atomic E-state index is 0.752. The largest absolute Gasteiger partial charge is 0.497 e. The van der Waals surface area contributed by atoms with Gasteiger partial charge in [-0.25, -0.2) is 0 Å². The lowest BCUT2D eigenvalue weighted by Gasteiger charge is -2.09. The Kier molecular flexibility index (Phi) is 5.55. The maximum Gasteiger partial charge on any atom is 0.191 e. The molecule has 2 heterocycles. The Morgan fingerprint density at radius 1 is 1.00 bits per heavy atom. The second-order valence-electron chi connectivity index (χ2n) is 5.30. The predicted octanol–water partition coefficient (Wildman–Crippen LogP) is 3.67. The van der Waals surface area contributed by atoms with Crippen LogP contribution in [-0.4, -0.2) is 34.0 Å². The van der Waals surface area contributed by atoms with Crippen molar-refractivity contribution in [1.82, 2.24) is 19.7 Å². The highest BCUT2D eigenvalue weighted by atomic mass is 32.2.